The van der Waals surface area contributed by atoms with Crippen LogP contribution in [0.4, 0.5) is 5.69 Å². The molecule has 1 aliphatic rings. The number of benzene rings is 1. The topological polar surface area (TPSA) is 15.3 Å². The molecule has 0 bridgehead atoms. The van der Waals surface area contributed by atoms with E-state index < -0.39 is 0 Å². The monoisotopic (exact) mass is 278 g/mol. The van der Waals surface area contributed by atoms with E-state index in [4.69, 9.17) is 0 Å². The molecule has 0 saturated heterocycles. The molecule has 0 spiro atoms. The third kappa shape index (κ3) is 3.90. The van der Waals surface area contributed by atoms with Gasteiger partial charge in [0.15, 0.2) is 0 Å². The van der Waals surface area contributed by atoms with Crippen molar-refractivity contribution in [1.29, 1.82) is 0 Å². The van der Waals surface area contributed by atoms with Crippen LogP contribution in [-0.4, -0.2) is 30.6 Å². The predicted octanol–water partition coefficient (Wildman–Crippen LogP) is 3.37. The lowest BCUT2D eigenvalue weighted by Crippen LogP contribution is -2.42. The van der Waals surface area contributed by atoms with Gasteiger partial charge in [-0.25, -0.2) is 0 Å². The number of hydrogen-bond acceptors (Lipinski definition) is 3. The molecule has 1 heterocycles. The van der Waals surface area contributed by atoms with Gasteiger partial charge in [0, 0.05) is 37.1 Å². The molecule has 1 aromatic rings. The third-order valence-corrected chi connectivity index (χ3v) is 4.70. The highest BCUT2D eigenvalue weighted by atomic mass is 32.2. The second-order valence-electron chi connectivity index (χ2n) is 5.50. The number of anilines is 1. The molecule has 0 saturated carbocycles. The quantitative estimate of drug-likeness (QED) is 0.831. The summed E-state index contributed by atoms with van der Waals surface area (Å²) in [5.41, 5.74) is 2.86. The molecule has 2 nitrogen and oxygen atoms in total. The molecule has 0 aromatic heterocycles. The van der Waals surface area contributed by atoms with Crippen molar-refractivity contribution in [3.8, 4) is 0 Å². The number of fused-ring (bicyclic) bond motifs is 1. The summed E-state index contributed by atoms with van der Waals surface area (Å²) >= 11 is 2.03. The van der Waals surface area contributed by atoms with Gasteiger partial charge in [0.1, 0.15) is 0 Å². The summed E-state index contributed by atoms with van der Waals surface area (Å²) < 4.78 is 0. The number of nitrogens with zero attached hydrogens (tertiary/aromatic N) is 1. The van der Waals surface area contributed by atoms with Crippen molar-refractivity contribution in [1.82, 2.24) is 5.32 Å². The average Bonchev–Trinajstić information content (AvgIpc) is 2.59. The molecule has 2 rings (SSSR count). The molecule has 1 atom stereocenters. The molecule has 3 heteroatoms. The van der Waals surface area contributed by atoms with E-state index in [0.717, 1.165) is 19.6 Å². The van der Waals surface area contributed by atoms with Crippen molar-refractivity contribution in [2.75, 3.05) is 29.5 Å². The minimum Gasteiger partial charge on any atom is -0.369 e. The summed E-state index contributed by atoms with van der Waals surface area (Å²) in [6.45, 7) is 10.1. The van der Waals surface area contributed by atoms with Crippen molar-refractivity contribution < 1.29 is 0 Å². The highest BCUT2D eigenvalue weighted by Gasteiger charge is 2.22. The van der Waals surface area contributed by atoms with Gasteiger partial charge in [-0.2, -0.15) is 11.8 Å². The maximum atomic E-state index is 3.71. The van der Waals surface area contributed by atoms with Crippen molar-refractivity contribution >= 4 is 17.4 Å². The van der Waals surface area contributed by atoms with Crippen LogP contribution < -0.4 is 10.2 Å². The molecule has 0 aliphatic carbocycles. The number of hydrogen-bond donors (Lipinski definition) is 1. The van der Waals surface area contributed by atoms with Gasteiger partial charge in [0.05, 0.1) is 0 Å². The fourth-order valence-electron chi connectivity index (χ4n) is 2.59. The van der Waals surface area contributed by atoms with Crippen LogP contribution in [0.1, 0.15) is 26.3 Å². The smallest absolute Gasteiger partial charge is 0.0412 e. The predicted molar refractivity (Wildman–Crippen MR) is 87.1 cm³/mol. The van der Waals surface area contributed by atoms with Gasteiger partial charge in [0.2, 0.25) is 0 Å². The van der Waals surface area contributed by atoms with Gasteiger partial charge in [-0.1, -0.05) is 39.0 Å². The molecule has 1 N–H and O–H groups in total. The highest BCUT2D eigenvalue weighted by molar-refractivity contribution is 7.99. The van der Waals surface area contributed by atoms with Gasteiger partial charge in [0.25, 0.3) is 0 Å². The SMILES string of the molecule is CCSCCN1CC(C(C)C)NCc2ccccc21. The Bertz CT molecular complexity index is 392. The Morgan fingerprint density at radius 1 is 1.37 bits per heavy atom. The minimum absolute atomic E-state index is 0.582. The van der Waals surface area contributed by atoms with Crippen molar-refractivity contribution in [2.45, 2.75) is 33.4 Å². The summed E-state index contributed by atoms with van der Waals surface area (Å²) in [4.78, 5) is 2.57. The number of thioether (sulfide) groups is 1. The fourth-order valence-corrected chi connectivity index (χ4v) is 3.23. The first-order valence-electron chi connectivity index (χ1n) is 7.36. The lowest BCUT2D eigenvalue weighted by molar-refractivity contribution is 0.405. The van der Waals surface area contributed by atoms with Crippen LogP contribution in [-0.2, 0) is 6.54 Å². The molecule has 1 aromatic carbocycles. The normalized spacial score (nSPS) is 19.4. The molecule has 0 fully saturated rings. The summed E-state index contributed by atoms with van der Waals surface area (Å²) in [5.74, 6) is 3.10. The molecular weight excluding hydrogens is 252 g/mol. The van der Waals surface area contributed by atoms with Gasteiger partial charge >= 0.3 is 0 Å². The van der Waals surface area contributed by atoms with Crippen LogP contribution in [0.3, 0.4) is 0 Å². The van der Waals surface area contributed by atoms with Crippen LogP contribution in [0, 0.1) is 5.92 Å². The average molecular weight is 278 g/mol. The zero-order valence-corrected chi connectivity index (χ0v) is 13.2. The summed E-state index contributed by atoms with van der Waals surface area (Å²) in [5, 5.41) is 3.71. The maximum Gasteiger partial charge on any atom is 0.0412 e. The highest BCUT2D eigenvalue weighted by Crippen LogP contribution is 2.25. The van der Waals surface area contributed by atoms with Crippen LogP contribution >= 0.6 is 11.8 Å². The van der Waals surface area contributed by atoms with Crippen molar-refractivity contribution in [3.63, 3.8) is 0 Å². The summed E-state index contributed by atoms with van der Waals surface area (Å²) in [6.07, 6.45) is 0. The van der Waals surface area contributed by atoms with Crippen LogP contribution in [0.5, 0.6) is 0 Å². The molecule has 0 radical (unpaired) electrons. The van der Waals surface area contributed by atoms with E-state index in [0.29, 0.717) is 12.0 Å². The zero-order valence-electron chi connectivity index (χ0n) is 12.4. The van der Waals surface area contributed by atoms with Gasteiger partial charge < -0.3 is 10.2 Å². The lowest BCUT2D eigenvalue weighted by atomic mass is 10.0. The van der Waals surface area contributed by atoms with Gasteiger partial charge in [-0.05, 0) is 23.3 Å². The Morgan fingerprint density at radius 3 is 2.89 bits per heavy atom. The van der Waals surface area contributed by atoms with E-state index in [9.17, 15) is 0 Å². The number of rotatable bonds is 5. The third-order valence-electron chi connectivity index (χ3n) is 3.82. The first-order chi connectivity index (χ1) is 9.22. The van der Waals surface area contributed by atoms with Crippen LogP contribution in [0.25, 0.3) is 0 Å². The zero-order chi connectivity index (χ0) is 13.7. The minimum atomic E-state index is 0.582. The largest absolute Gasteiger partial charge is 0.369 e. The molecule has 19 heavy (non-hydrogen) atoms. The second kappa shape index (κ2) is 7.20. The van der Waals surface area contributed by atoms with Crippen molar-refractivity contribution in [2.24, 2.45) is 5.92 Å². The Balaban J connectivity index is 2.14. The second-order valence-corrected chi connectivity index (χ2v) is 6.90. The van der Waals surface area contributed by atoms with E-state index in [-0.39, 0.29) is 0 Å². The Kier molecular flexibility index (Phi) is 5.59. The molecule has 1 unspecified atom stereocenters. The van der Waals surface area contributed by atoms with E-state index >= 15 is 0 Å². The fraction of sp³-hybridized carbons (Fsp3) is 0.625. The molecule has 0 amide bonds. The summed E-state index contributed by atoms with van der Waals surface area (Å²) in [7, 11) is 0. The Morgan fingerprint density at radius 2 is 2.16 bits per heavy atom. The number of nitrogens with one attached hydrogen (secondary N) is 1. The van der Waals surface area contributed by atoms with E-state index in [2.05, 4.69) is 55.3 Å². The van der Waals surface area contributed by atoms with Crippen LogP contribution in [0.15, 0.2) is 24.3 Å². The molecular formula is C16H26N2S. The number of para-hydroxylation sites is 1. The summed E-state index contributed by atoms with van der Waals surface area (Å²) in [6, 6.07) is 9.42. The molecule has 106 valence electrons. The Labute approximate surface area is 122 Å². The van der Waals surface area contributed by atoms with Crippen LogP contribution in [0.2, 0.25) is 0 Å². The van der Waals surface area contributed by atoms with E-state index in [1.807, 2.05) is 11.8 Å². The first kappa shape index (κ1) is 14.7. The van der Waals surface area contributed by atoms with Gasteiger partial charge in [-0.15, -0.1) is 0 Å². The van der Waals surface area contributed by atoms with E-state index in [1.165, 1.54) is 22.8 Å². The standard InChI is InChI=1S/C16H26N2S/c1-4-19-10-9-18-12-15(13(2)3)17-11-14-7-5-6-8-16(14)18/h5-8,13,15,17H,4,9-12H2,1-3H3. The first-order valence-corrected chi connectivity index (χ1v) is 8.51. The Hall–Kier alpha value is -0.670. The van der Waals surface area contributed by atoms with Crippen molar-refractivity contribution in [3.05, 3.63) is 29.8 Å². The van der Waals surface area contributed by atoms with E-state index in [1.54, 1.807) is 0 Å². The van der Waals surface area contributed by atoms with Gasteiger partial charge in [-0.3, -0.25) is 0 Å². The molecule has 1 aliphatic heterocycles. The maximum absolute atomic E-state index is 3.71. The lowest BCUT2D eigenvalue weighted by Gasteiger charge is -2.29.